The van der Waals surface area contributed by atoms with Crippen molar-refractivity contribution in [2.45, 2.75) is 31.9 Å². The Balaban J connectivity index is 1.18. The molecular weight excluding hydrogens is 431 g/mol. The molecule has 10 heteroatoms. The number of nitrogens with zero attached hydrogens (tertiary/aromatic N) is 3. The molecule has 2 aromatic carbocycles. The molecule has 3 heterocycles. The molecule has 0 radical (unpaired) electrons. The average Bonchev–Trinajstić information content (AvgIpc) is 3.30. The number of oxazole rings is 1. The predicted molar refractivity (Wildman–Crippen MR) is 119 cm³/mol. The number of H-pyrrole nitrogens is 1. The normalized spacial score (nSPS) is 16.6. The lowest BCUT2D eigenvalue weighted by Crippen LogP contribution is -2.42. The van der Waals surface area contributed by atoms with Crippen molar-refractivity contribution < 1.29 is 23.8 Å². The minimum atomic E-state index is -0.745. The monoisotopic (exact) mass is 456 g/mol. The fraction of sp³-hybridized carbons (Fsp3) is 0.391. The number of hydrogen-bond donors (Lipinski definition) is 3. The van der Waals surface area contributed by atoms with E-state index >= 15 is 0 Å². The number of β-amino-alcohol motifs (C(OH)–C–C–N with tert-alkyl or cyclic N) is 1. The number of rotatable bonds is 6. The number of aliphatic hydroxyl groups is 1. The number of aryl methyl sites for hydroxylation is 1. The predicted octanol–water partition coefficient (Wildman–Crippen LogP) is 2.70. The van der Waals surface area contributed by atoms with E-state index in [-0.39, 0.29) is 29.9 Å². The molecule has 0 bridgehead atoms. The highest BCUT2D eigenvalue weighted by atomic mass is 19.1. The molecule has 1 aliphatic heterocycles. The van der Waals surface area contributed by atoms with E-state index in [9.17, 15) is 19.4 Å². The van der Waals surface area contributed by atoms with Crippen LogP contribution < -0.4 is 10.4 Å². The molecule has 1 atom stereocenters. The van der Waals surface area contributed by atoms with Crippen molar-refractivity contribution in [2.24, 2.45) is 0 Å². The summed E-state index contributed by atoms with van der Waals surface area (Å²) in [5.74, 6) is 0.436. The summed E-state index contributed by atoms with van der Waals surface area (Å²) in [6.07, 6.45) is 0.734. The van der Waals surface area contributed by atoms with Crippen molar-refractivity contribution >= 4 is 22.1 Å². The minimum Gasteiger partial charge on any atom is -0.508 e. The third kappa shape index (κ3) is 4.31. The van der Waals surface area contributed by atoms with Gasteiger partial charge in [-0.05, 0) is 31.0 Å². The zero-order chi connectivity index (χ0) is 23.1. The molecule has 0 unspecified atom stereocenters. The minimum absolute atomic E-state index is 0.000439. The van der Waals surface area contributed by atoms with Gasteiger partial charge in [0.25, 0.3) is 0 Å². The van der Waals surface area contributed by atoms with E-state index in [4.69, 9.17) is 9.15 Å². The molecule has 1 saturated heterocycles. The third-order valence-corrected chi connectivity index (χ3v) is 6.05. The van der Waals surface area contributed by atoms with Crippen LogP contribution in [0.4, 0.5) is 4.39 Å². The first-order chi connectivity index (χ1) is 15.9. The van der Waals surface area contributed by atoms with Crippen LogP contribution in [-0.4, -0.2) is 62.0 Å². The summed E-state index contributed by atoms with van der Waals surface area (Å²) in [7, 11) is 0. The Hall–Kier alpha value is -3.37. The second-order valence-electron chi connectivity index (χ2n) is 8.48. The summed E-state index contributed by atoms with van der Waals surface area (Å²) in [5, 5.41) is 20.4. The van der Waals surface area contributed by atoms with Crippen molar-refractivity contribution in [2.75, 3.05) is 26.2 Å². The molecular formula is C23H25FN4O5. The zero-order valence-corrected chi connectivity index (χ0v) is 18.1. The van der Waals surface area contributed by atoms with Crippen molar-refractivity contribution in [3.05, 3.63) is 52.5 Å². The maximum atomic E-state index is 13.5. The van der Waals surface area contributed by atoms with Gasteiger partial charge in [0.15, 0.2) is 22.7 Å². The van der Waals surface area contributed by atoms with Gasteiger partial charge in [-0.25, -0.2) is 14.2 Å². The van der Waals surface area contributed by atoms with Crippen LogP contribution in [0, 0.1) is 12.7 Å². The van der Waals surface area contributed by atoms with E-state index in [1.165, 1.54) is 24.3 Å². The number of aromatic amines is 1. The first kappa shape index (κ1) is 21.5. The number of imidazole rings is 1. The summed E-state index contributed by atoms with van der Waals surface area (Å²) in [5.41, 5.74) is 1.90. The first-order valence-electron chi connectivity index (χ1n) is 10.9. The van der Waals surface area contributed by atoms with Gasteiger partial charge in [-0.3, -0.25) is 4.57 Å². The molecule has 1 fully saturated rings. The number of piperidine rings is 1. The van der Waals surface area contributed by atoms with Gasteiger partial charge in [0.1, 0.15) is 24.3 Å². The molecule has 0 saturated carbocycles. The van der Waals surface area contributed by atoms with Gasteiger partial charge in [0, 0.05) is 44.7 Å². The number of halogens is 1. The van der Waals surface area contributed by atoms with Gasteiger partial charge >= 0.3 is 5.69 Å². The van der Waals surface area contributed by atoms with Crippen molar-refractivity contribution in [1.29, 1.82) is 0 Å². The summed E-state index contributed by atoms with van der Waals surface area (Å²) in [6, 6.07) is 7.26. The maximum absolute atomic E-state index is 13.5. The Morgan fingerprint density at radius 1 is 1.30 bits per heavy atom. The third-order valence-electron chi connectivity index (χ3n) is 6.05. The van der Waals surface area contributed by atoms with Crippen LogP contribution in [0.1, 0.15) is 24.8 Å². The van der Waals surface area contributed by atoms with Gasteiger partial charge in [-0.1, -0.05) is 0 Å². The zero-order valence-electron chi connectivity index (χ0n) is 18.1. The van der Waals surface area contributed by atoms with Gasteiger partial charge in [0.2, 0.25) is 0 Å². The molecule has 0 aliphatic carbocycles. The van der Waals surface area contributed by atoms with Gasteiger partial charge in [-0.2, -0.15) is 0 Å². The molecule has 1 aliphatic rings. The molecule has 33 heavy (non-hydrogen) atoms. The fourth-order valence-corrected chi connectivity index (χ4v) is 4.57. The summed E-state index contributed by atoms with van der Waals surface area (Å²) in [6.45, 7) is 3.59. The Morgan fingerprint density at radius 2 is 2.09 bits per heavy atom. The van der Waals surface area contributed by atoms with Crippen LogP contribution in [0.15, 0.2) is 39.5 Å². The number of aromatic hydroxyl groups is 1. The lowest BCUT2D eigenvalue weighted by molar-refractivity contribution is 0.0562. The molecule has 9 nitrogen and oxygen atoms in total. The van der Waals surface area contributed by atoms with Gasteiger partial charge in [0.05, 0.1) is 11.0 Å². The Kier molecular flexibility index (Phi) is 5.55. The quantitative estimate of drug-likeness (QED) is 0.408. The second-order valence-corrected chi connectivity index (χ2v) is 8.48. The lowest BCUT2D eigenvalue weighted by atomic mass is 10.0. The highest BCUT2D eigenvalue weighted by Crippen LogP contribution is 2.31. The molecule has 174 valence electrons. The Morgan fingerprint density at radius 3 is 2.88 bits per heavy atom. The highest BCUT2D eigenvalue weighted by molar-refractivity contribution is 5.81. The standard InChI is InChI=1S/C23H25FN4O5/c1-13-25-22-20(9-16(29)10-21(22)33-13)32-12-17(30)11-27-6-4-15(5-7-27)28-19-3-2-14(24)8-18(19)26-23(28)31/h2-3,8-10,15,17,29-30H,4-7,11-12H2,1H3,(H,26,31)/t17-/m1/s1. The van der Waals surface area contributed by atoms with E-state index in [0.717, 1.165) is 12.8 Å². The number of aliphatic hydroxyl groups excluding tert-OH is 1. The lowest BCUT2D eigenvalue weighted by Gasteiger charge is -2.33. The van der Waals surface area contributed by atoms with E-state index in [1.807, 2.05) is 0 Å². The molecule has 5 rings (SSSR count). The highest BCUT2D eigenvalue weighted by Gasteiger charge is 2.25. The van der Waals surface area contributed by atoms with Crippen LogP contribution in [0.25, 0.3) is 22.1 Å². The Bertz CT molecular complexity index is 1350. The molecule has 2 aromatic heterocycles. The largest absolute Gasteiger partial charge is 0.508 e. The molecule has 0 amide bonds. The number of likely N-dealkylation sites (tertiary alicyclic amines) is 1. The number of phenolic OH excluding ortho intramolecular Hbond substituents is 1. The van der Waals surface area contributed by atoms with Crippen molar-refractivity contribution in [1.82, 2.24) is 19.4 Å². The Labute approximate surface area is 188 Å². The van der Waals surface area contributed by atoms with Gasteiger partial charge < -0.3 is 29.3 Å². The fourth-order valence-electron chi connectivity index (χ4n) is 4.57. The summed E-state index contributed by atoms with van der Waals surface area (Å²) >= 11 is 0. The maximum Gasteiger partial charge on any atom is 0.326 e. The first-order valence-corrected chi connectivity index (χ1v) is 10.9. The topological polar surface area (TPSA) is 117 Å². The van der Waals surface area contributed by atoms with E-state index < -0.39 is 6.10 Å². The van der Waals surface area contributed by atoms with Crippen LogP contribution in [-0.2, 0) is 0 Å². The van der Waals surface area contributed by atoms with E-state index in [2.05, 4.69) is 14.9 Å². The van der Waals surface area contributed by atoms with Crippen molar-refractivity contribution in [3.63, 3.8) is 0 Å². The number of aromatic nitrogens is 3. The summed E-state index contributed by atoms with van der Waals surface area (Å²) < 4.78 is 26.3. The smallest absolute Gasteiger partial charge is 0.326 e. The SMILES string of the molecule is Cc1nc2c(OC[C@H](O)CN3CCC(n4c(=O)[nH]c5cc(F)ccc54)CC3)cc(O)cc2o1. The molecule has 0 spiro atoms. The van der Waals surface area contributed by atoms with Gasteiger partial charge in [-0.15, -0.1) is 0 Å². The van der Waals surface area contributed by atoms with Crippen LogP contribution in [0.2, 0.25) is 0 Å². The van der Waals surface area contributed by atoms with E-state index in [0.29, 0.717) is 53.4 Å². The van der Waals surface area contributed by atoms with E-state index in [1.54, 1.807) is 17.6 Å². The number of hydrogen-bond acceptors (Lipinski definition) is 7. The average molecular weight is 456 g/mol. The summed E-state index contributed by atoms with van der Waals surface area (Å²) in [4.78, 5) is 21.6. The van der Waals surface area contributed by atoms with Crippen molar-refractivity contribution in [3.8, 4) is 11.5 Å². The molecule has 3 N–H and O–H groups in total. The number of phenols is 1. The van der Waals surface area contributed by atoms with Crippen LogP contribution >= 0.6 is 0 Å². The number of fused-ring (bicyclic) bond motifs is 2. The number of nitrogens with one attached hydrogen (secondary N) is 1. The van der Waals surface area contributed by atoms with Crippen LogP contribution in [0.3, 0.4) is 0 Å². The number of ether oxygens (including phenoxy) is 1. The number of benzene rings is 2. The van der Waals surface area contributed by atoms with Crippen LogP contribution in [0.5, 0.6) is 11.5 Å². The molecule has 4 aromatic rings. The second kappa shape index (κ2) is 8.53.